The van der Waals surface area contributed by atoms with Crippen LogP contribution in [-0.4, -0.2) is 16.9 Å². The van der Waals surface area contributed by atoms with Crippen molar-refractivity contribution in [3.8, 4) is 0 Å². The van der Waals surface area contributed by atoms with E-state index in [9.17, 15) is 4.79 Å². The molecule has 1 amide bonds. The predicted octanol–water partition coefficient (Wildman–Crippen LogP) is 0.323. The molecule has 5 heteroatoms. The van der Waals surface area contributed by atoms with Crippen LogP contribution < -0.4 is 15.6 Å². The van der Waals surface area contributed by atoms with Crippen molar-refractivity contribution in [2.45, 2.75) is 33.2 Å². The fourth-order valence-corrected chi connectivity index (χ4v) is 1.47. The van der Waals surface area contributed by atoms with E-state index in [0.29, 0.717) is 5.82 Å². The third kappa shape index (κ3) is 2.82. The zero-order chi connectivity index (χ0) is 12.3. The van der Waals surface area contributed by atoms with Gasteiger partial charge in [-0.3, -0.25) is 10.1 Å². The topological polar surface area (TPSA) is 74.8 Å². The van der Waals surface area contributed by atoms with Crippen LogP contribution in [0.1, 0.15) is 26.6 Å². The van der Waals surface area contributed by atoms with Crippen LogP contribution in [0.5, 0.6) is 0 Å². The summed E-state index contributed by atoms with van der Waals surface area (Å²) in [5.41, 5.74) is 5.75. The van der Waals surface area contributed by atoms with E-state index >= 15 is 0 Å². The molecule has 1 rings (SSSR count). The number of imidazole rings is 1. The molecule has 0 aliphatic rings. The monoisotopic (exact) mass is 225 g/mol. The van der Waals surface area contributed by atoms with Crippen LogP contribution in [0, 0.1) is 5.92 Å². The summed E-state index contributed by atoms with van der Waals surface area (Å²) in [5, 5.41) is 2.78. The fraction of sp³-hybridized carbons (Fsp3) is 0.636. The largest absolute Gasteiger partial charge is 0.320 e. The Labute approximate surface area is 96.0 Å². The highest BCUT2D eigenvalue weighted by atomic mass is 16.2. The van der Waals surface area contributed by atoms with Crippen LogP contribution >= 0.6 is 0 Å². The molecule has 0 aliphatic heterocycles. The van der Waals surface area contributed by atoms with Crippen molar-refractivity contribution in [2.24, 2.45) is 18.7 Å². The lowest BCUT2D eigenvalue weighted by Gasteiger charge is -2.13. The van der Waals surface area contributed by atoms with Crippen molar-refractivity contribution >= 4 is 11.7 Å². The Morgan fingerprint density at radius 3 is 2.69 bits per heavy atom. The number of H-pyrrole nitrogens is 1. The molecule has 0 aliphatic carbocycles. The first-order valence-corrected chi connectivity index (χ1v) is 5.59. The molecule has 4 N–H and O–H groups in total. The van der Waals surface area contributed by atoms with E-state index in [4.69, 9.17) is 5.73 Å². The fourth-order valence-electron chi connectivity index (χ4n) is 1.47. The number of aryl methyl sites for hydroxylation is 2. The number of nitrogens with one attached hydrogen (secondary N) is 2. The van der Waals surface area contributed by atoms with Gasteiger partial charge in [-0.1, -0.05) is 20.8 Å². The smallest absolute Gasteiger partial charge is 0.255 e. The van der Waals surface area contributed by atoms with Gasteiger partial charge in [0.2, 0.25) is 11.7 Å². The van der Waals surface area contributed by atoms with Crippen LogP contribution in [-0.2, 0) is 18.3 Å². The molecule has 16 heavy (non-hydrogen) atoms. The molecule has 0 radical (unpaired) electrons. The number of nitrogens with two attached hydrogens (primary N) is 1. The second kappa shape index (κ2) is 5.12. The second-order valence-corrected chi connectivity index (χ2v) is 4.34. The number of amides is 1. The minimum atomic E-state index is -0.473. The van der Waals surface area contributed by atoms with Gasteiger partial charge in [-0.05, 0) is 5.92 Å². The van der Waals surface area contributed by atoms with Crippen molar-refractivity contribution in [3.05, 3.63) is 12.0 Å². The molecular weight excluding hydrogens is 204 g/mol. The van der Waals surface area contributed by atoms with Gasteiger partial charge in [-0.15, -0.1) is 0 Å². The quantitative estimate of drug-likeness (QED) is 0.646. The number of rotatable bonds is 4. The molecule has 0 bridgehead atoms. The third-order valence-electron chi connectivity index (χ3n) is 2.64. The van der Waals surface area contributed by atoms with Gasteiger partial charge in [0.25, 0.3) is 5.82 Å². The highest BCUT2D eigenvalue weighted by Gasteiger charge is 2.20. The lowest BCUT2D eigenvalue weighted by atomic mass is 10.1. The standard InChI is InChI=1S/C11H20N4O/c1-5-9-13-8(6-15(9)4)14-11(16)10(12)7(2)3/h6-7,10H,5,12H2,1-4H3,(H,14,16)/p+1/t10-/m0/s1. The molecule has 5 nitrogen and oxygen atoms in total. The highest BCUT2D eigenvalue weighted by molar-refractivity contribution is 5.93. The maximum Gasteiger partial charge on any atom is 0.255 e. The van der Waals surface area contributed by atoms with Gasteiger partial charge in [0.1, 0.15) is 0 Å². The van der Waals surface area contributed by atoms with Crippen LogP contribution in [0.25, 0.3) is 0 Å². The molecule has 1 aromatic heterocycles. The minimum absolute atomic E-state index is 0.134. The lowest BCUT2D eigenvalue weighted by Crippen LogP contribution is -2.39. The normalized spacial score (nSPS) is 12.9. The van der Waals surface area contributed by atoms with Crippen molar-refractivity contribution in [3.63, 3.8) is 0 Å². The number of hydrogen-bond acceptors (Lipinski definition) is 2. The zero-order valence-corrected chi connectivity index (χ0v) is 10.4. The van der Waals surface area contributed by atoms with Crippen molar-refractivity contribution < 1.29 is 9.36 Å². The molecule has 90 valence electrons. The van der Waals surface area contributed by atoms with Crippen LogP contribution in [0.3, 0.4) is 0 Å². The second-order valence-electron chi connectivity index (χ2n) is 4.34. The first-order valence-electron chi connectivity index (χ1n) is 5.59. The first-order chi connectivity index (χ1) is 7.45. The van der Waals surface area contributed by atoms with E-state index < -0.39 is 6.04 Å². The summed E-state index contributed by atoms with van der Waals surface area (Å²) in [5.74, 6) is 1.74. The summed E-state index contributed by atoms with van der Waals surface area (Å²) in [6.07, 6.45) is 2.74. The zero-order valence-electron chi connectivity index (χ0n) is 10.4. The number of hydrogen-bond donors (Lipinski definition) is 3. The predicted molar refractivity (Wildman–Crippen MR) is 62.8 cm³/mol. The van der Waals surface area contributed by atoms with Crippen LogP contribution in [0.4, 0.5) is 5.82 Å². The molecule has 0 saturated heterocycles. The van der Waals surface area contributed by atoms with Crippen molar-refractivity contribution in [2.75, 3.05) is 5.32 Å². The summed E-state index contributed by atoms with van der Waals surface area (Å²) in [6.45, 7) is 5.91. The Hall–Kier alpha value is -1.36. The Kier molecular flexibility index (Phi) is 4.06. The van der Waals surface area contributed by atoms with Gasteiger partial charge in [0, 0.05) is 6.42 Å². The lowest BCUT2D eigenvalue weighted by molar-refractivity contribution is -0.677. The molecule has 1 heterocycles. The summed E-state index contributed by atoms with van der Waals surface area (Å²) < 4.78 is 1.95. The maximum absolute atomic E-state index is 11.7. The molecule has 1 atom stereocenters. The average molecular weight is 225 g/mol. The molecular formula is C11H21N4O+. The van der Waals surface area contributed by atoms with Crippen molar-refractivity contribution in [1.82, 2.24) is 4.98 Å². The van der Waals surface area contributed by atoms with E-state index in [1.165, 1.54) is 0 Å². The summed E-state index contributed by atoms with van der Waals surface area (Å²) in [7, 11) is 1.94. The molecule has 0 fully saturated rings. The van der Waals surface area contributed by atoms with E-state index in [1.807, 2.05) is 31.7 Å². The SMILES string of the molecule is CCc1[nH]c(NC(=O)[C@@H](N)C(C)C)c[n+]1C. The first kappa shape index (κ1) is 12.7. The van der Waals surface area contributed by atoms with Gasteiger partial charge in [0.05, 0.1) is 13.1 Å². The Morgan fingerprint density at radius 2 is 2.25 bits per heavy atom. The Morgan fingerprint density at radius 1 is 1.62 bits per heavy atom. The minimum Gasteiger partial charge on any atom is -0.320 e. The third-order valence-corrected chi connectivity index (χ3v) is 2.64. The van der Waals surface area contributed by atoms with Crippen LogP contribution in [0.15, 0.2) is 6.20 Å². The van der Waals surface area contributed by atoms with Gasteiger partial charge in [0.15, 0.2) is 6.20 Å². The number of anilines is 1. The van der Waals surface area contributed by atoms with Gasteiger partial charge in [-0.25, -0.2) is 9.55 Å². The molecule has 0 unspecified atom stereocenters. The molecule has 0 saturated carbocycles. The van der Waals surface area contributed by atoms with Crippen molar-refractivity contribution in [1.29, 1.82) is 0 Å². The number of aromatic nitrogens is 2. The average Bonchev–Trinajstić information content (AvgIpc) is 2.57. The number of carbonyl (C=O) groups excluding carboxylic acids is 1. The van der Waals surface area contributed by atoms with E-state index in [0.717, 1.165) is 12.2 Å². The Balaban J connectivity index is 2.70. The van der Waals surface area contributed by atoms with E-state index in [2.05, 4.69) is 17.2 Å². The van der Waals surface area contributed by atoms with E-state index in [1.54, 1.807) is 0 Å². The summed E-state index contributed by atoms with van der Waals surface area (Å²) in [4.78, 5) is 14.8. The number of aromatic amines is 1. The number of carbonyl (C=O) groups is 1. The molecule has 0 spiro atoms. The molecule has 1 aromatic rings. The number of nitrogens with zero attached hydrogens (tertiary/aromatic N) is 1. The summed E-state index contributed by atoms with van der Waals surface area (Å²) in [6, 6.07) is -0.473. The summed E-state index contributed by atoms with van der Waals surface area (Å²) >= 11 is 0. The van der Waals surface area contributed by atoms with Gasteiger partial charge < -0.3 is 5.73 Å². The maximum atomic E-state index is 11.7. The van der Waals surface area contributed by atoms with E-state index in [-0.39, 0.29) is 11.8 Å². The van der Waals surface area contributed by atoms with Gasteiger partial charge in [-0.2, -0.15) is 0 Å². The van der Waals surface area contributed by atoms with Crippen LogP contribution in [0.2, 0.25) is 0 Å². The van der Waals surface area contributed by atoms with Gasteiger partial charge >= 0.3 is 0 Å². The molecule has 0 aromatic carbocycles. The Bertz CT molecular complexity index is 370. The highest BCUT2D eigenvalue weighted by Crippen LogP contribution is 2.05.